The van der Waals surface area contributed by atoms with E-state index in [1.165, 1.54) is 6.08 Å². The third-order valence-electron chi connectivity index (χ3n) is 3.58. The van der Waals surface area contributed by atoms with E-state index in [0.29, 0.717) is 0 Å². The number of pyridine rings is 1. The number of anilines is 1. The van der Waals surface area contributed by atoms with Gasteiger partial charge in [0.1, 0.15) is 0 Å². The lowest BCUT2D eigenvalue weighted by molar-refractivity contribution is -0.111. The Morgan fingerprint density at radius 1 is 1.17 bits per heavy atom. The predicted molar refractivity (Wildman–Crippen MR) is 100 cm³/mol. The molecule has 0 aliphatic carbocycles. The zero-order chi connectivity index (χ0) is 17.2. The Morgan fingerprint density at radius 3 is 2.71 bits per heavy atom. The minimum Gasteiger partial charge on any atom is -0.322 e. The monoisotopic (exact) mass is 337 g/mol. The molecule has 0 saturated heterocycles. The number of aromatic nitrogens is 2. The molecule has 1 aromatic carbocycles. The minimum absolute atomic E-state index is 0.0227. The summed E-state index contributed by atoms with van der Waals surface area (Å²) in [5.74, 6) is -0.168. The molecule has 4 nitrogen and oxygen atoms in total. The highest BCUT2D eigenvalue weighted by atomic mass is 32.1. The molecule has 5 heteroatoms. The van der Waals surface area contributed by atoms with Crippen LogP contribution in [0.3, 0.4) is 0 Å². The molecule has 0 bridgehead atoms. The number of rotatable bonds is 3. The van der Waals surface area contributed by atoms with Crippen LogP contribution >= 0.6 is 11.3 Å². The molecule has 0 radical (unpaired) electrons. The highest BCUT2D eigenvalue weighted by molar-refractivity contribution is 7.16. The molecule has 122 valence electrons. The number of nitrogens with zero attached hydrogens (tertiary/aromatic N) is 2. The van der Waals surface area contributed by atoms with Gasteiger partial charge in [0.15, 0.2) is 0 Å². The maximum Gasteiger partial charge on any atom is 0.248 e. The maximum absolute atomic E-state index is 12.1. The highest BCUT2D eigenvalue weighted by Gasteiger charge is 2.14. The second-order valence-corrected chi connectivity index (χ2v) is 7.47. The molecule has 0 saturated carbocycles. The van der Waals surface area contributed by atoms with Gasteiger partial charge in [-0.25, -0.2) is 4.98 Å². The first-order chi connectivity index (χ1) is 11.4. The third kappa shape index (κ3) is 3.86. The van der Waals surface area contributed by atoms with E-state index in [-0.39, 0.29) is 11.3 Å². The first-order valence-corrected chi connectivity index (χ1v) is 8.59. The molecular weight excluding hydrogens is 318 g/mol. The van der Waals surface area contributed by atoms with Crippen molar-refractivity contribution in [3.63, 3.8) is 0 Å². The zero-order valence-corrected chi connectivity index (χ0v) is 14.7. The van der Waals surface area contributed by atoms with Crippen LogP contribution in [-0.4, -0.2) is 15.9 Å². The van der Waals surface area contributed by atoms with Crippen LogP contribution in [0.2, 0.25) is 0 Å². The topological polar surface area (TPSA) is 54.9 Å². The van der Waals surface area contributed by atoms with Crippen molar-refractivity contribution in [2.45, 2.75) is 26.2 Å². The number of nitrogens with one attached hydrogen (secondary N) is 1. The van der Waals surface area contributed by atoms with Crippen molar-refractivity contribution in [1.82, 2.24) is 9.97 Å². The summed E-state index contributed by atoms with van der Waals surface area (Å²) in [4.78, 5) is 20.7. The fourth-order valence-corrected chi connectivity index (χ4v) is 2.95. The van der Waals surface area contributed by atoms with Crippen LogP contribution in [-0.2, 0) is 10.2 Å². The Labute approximate surface area is 145 Å². The number of carbonyl (C=O) groups is 1. The fraction of sp³-hybridized carbons (Fsp3) is 0.211. The third-order valence-corrected chi connectivity index (χ3v) is 4.37. The van der Waals surface area contributed by atoms with Crippen molar-refractivity contribution in [1.29, 1.82) is 0 Å². The Bertz CT molecular complexity index is 889. The second kappa shape index (κ2) is 6.53. The van der Waals surface area contributed by atoms with Crippen molar-refractivity contribution < 1.29 is 4.79 Å². The van der Waals surface area contributed by atoms with Gasteiger partial charge in [0.05, 0.1) is 15.7 Å². The predicted octanol–water partition coefficient (Wildman–Crippen LogP) is 4.64. The standard InChI is InChI=1S/C19H19N3OS/c1-19(2,3)17-8-4-13(11-20-17)5-9-18(23)22-14-6-7-15-16(10-14)24-12-21-15/h4-12H,1-3H3,(H,22,23)/b9-5+. The fourth-order valence-electron chi connectivity index (χ4n) is 2.24. The maximum atomic E-state index is 12.1. The van der Waals surface area contributed by atoms with Crippen molar-refractivity contribution >= 4 is 39.2 Å². The molecular formula is C19H19N3OS. The van der Waals surface area contributed by atoms with E-state index in [1.807, 2.05) is 30.3 Å². The molecule has 1 N–H and O–H groups in total. The molecule has 3 rings (SSSR count). The number of hydrogen-bond acceptors (Lipinski definition) is 4. The van der Waals surface area contributed by atoms with Gasteiger partial charge in [-0.05, 0) is 35.9 Å². The van der Waals surface area contributed by atoms with Gasteiger partial charge in [-0.15, -0.1) is 11.3 Å². The van der Waals surface area contributed by atoms with Gasteiger partial charge < -0.3 is 5.32 Å². The van der Waals surface area contributed by atoms with Gasteiger partial charge in [-0.2, -0.15) is 0 Å². The largest absolute Gasteiger partial charge is 0.322 e. The second-order valence-electron chi connectivity index (χ2n) is 6.58. The van der Waals surface area contributed by atoms with Gasteiger partial charge in [0, 0.05) is 29.1 Å². The van der Waals surface area contributed by atoms with Crippen molar-refractivity contribution in [3.8, 4) is 0 Å². The molecule has 0 unspecified atom stereocenters. The molecule has 2 aromatic heterocycles. The average molecular weight is 337 g/mol. The van der Waals surface area contributed by atoms with Gasteiger partial charge in [0.25, 0.3) is 0 Å². The van der Waals surface area contributed by atoms with Crippen LogP contribution in [0.15, 0.2) is 48.1 Å². The van der Waals surface area contributed by atoms with E-state index in [0.717, 1.165) is 27.2 Å². The Morgan fingerprint density at radius 2 is 2.00 bits per heavy atom. The smallest absolute Gasteiger partial charge is 0.248 e. The first-order valence-electron chi connectivity index (χ1n) is 7.71. The minimum atomic E-state index is -0.168. The van der Waals surface area contributed by atoms with E-state index in [1.54, 1.807) is 29.1 Å². The summed E-state index contributed by atoms with van der Waals surface area (Å²) in [7, 11) is 0. The van der Waals surface area contributed by atoms with Gasteiger partial charge in [-0.1, -0.05) is 26.8 Å². The zero-order valence-electron chi connectivity index (χ0n) is 13.9. The molecule has 2 heterocycles. The van der Waals surface area contributed by atoms with Crippen LogP contribution in [0, 0.1) is 0 Å². The SMILES string of the molecule is CC(C)(C)c1ccc(/C=C/C(=O)Nc2ccc3ncsc3c2)cn1. The van der Waals surface area contributed by atoms with E-state index < -0.39 is 0 Å². The van der Waals surface area contributed by atoms with Gasteiger partial charge in [0.2, 0.25) is 5.91 Å². The van der Waals surface area contributed by atoms with Crippen LogP contribution in [0.1, 0.15) is 32.0 Å². The van der Waals surface area contributed by atoms with Crippen LogP contribution in [0.25, 0.3) is 16.3 Å². The van der Waals surface area contributed by atoms with Crippen LogP contribution in [0.4, 0.5) is 5.69 Å². The Balaban J connectivity index is 1.66. The van der Waals surface area contributed by atoms with Crippen LogP contribution < -0.4 is 5.32 Å². The lowest BCUT2D eigenvalue weighted by Crippen LogP contribution is -2.13. The Kier molecular flexibility index (Phi) is 4.44. The van der Waals surface area contributed by atoms with E-state index in [9.17, 15) is 4.79 Å². The highest BCUT2D eigenvalue weighted by Crippen LogP contribution is 2.22. The number of thiazole rings is 1. The van der Waals surface area contributed by atoms with Crippen molar-refractivity contribution in [3.05, 3.63) is 59.4 Å². The summed E-state index contributed by atoms with van der Waals surface area (Å²) in [6.07, 6.45) is 5.07. The number of benzene rings is 1. The van der Waals surface area contributed by atoms with E-state index in [2.05, 4.69) is 36.1 Å². The Hall–Kier alpha value is -2.53. The summed E-state index contributed by atoms with van der Waals surface area (Å²) in [5, 5.41) is 2.86. The molecule has 0 atom stereocenters. The lowest BCUT2D eigenvalue weighted by Gasteiger charge is -2.17. The first kappa shape index (κ1) is 16.3. The number of carbonyl (C=O) groups excluding carboxylic acids is 1. The molecule has 3 aromatic rings. The molecule has 0 spiro atoms. The quantitative estimate of drug-likeness (QED) is 0.708. The summed E-state index contributed by atoms with van der Waals surface area (Å²) < 4.78 is 1.05. The van der Waals surface area contributed by atoms with Crippen molar-refractivity contribution in [2.24, 2.45) is 0 Å². The summed E-state index contributed by atoms with van der Waals surface area (Å²) in [6, 6.07) is 9.65. The number of amides is 1. The van der Waals surface area contributed by atoms with Gasteiger partial charge >= 0.3 is 0 Å². The molecule has 0 aliphatic heterocycles. The summed E-state index contributed by atoms with van der Waals surface area (Å²) in [6.45, 7) is 6.37. The molecule has 24 heavy (non-hydrogen) atoms. The summed E-state index contributed by atoms with van der Waals surface area (Å²) in [5.41, 5.74) is 5.46. The molecule has 1 amide bonds. The number of hydrogen-bond donors (Lipinski definition) is 1. The molecule has 0 aliphatic rings. The van der Waals surface area contributed by atoms with Crippen molar-refractivity contribution in [2.75, 3.05) is 5.32 Å². The lowest BCUT2D eigenvalue weighted by atomic mass is 9.91. The molecule has 0 fully saturated rings. The van der Waals surface area contributed by atoms with E-state index >= 15 is 0 Å². The normalized spacial score (nSPS) is 12.0. The average Bonchev–Trinajstić information content (AvgIpc) is 3.00. The number of fused-ring (bicyclic) bond motifs is 1. The van der Waals surface area contributed by atoms with Gasteiger partial charge in [-0.3, -0.25) is 9.78 Å². The van der Waals surface area contributed by atoms with E-state index in [4.69, 9.17) is 0 Å². The summed E-state index contributed by atoms with van der Waals surface area (Å²) >= 11 is 1.55. The van der Waals surface area contributed by atoms with Crippen LogP contribution in [0.5, 0.6) is 0 Å².